The zero-order valence-electron chi connectivity index (χ0n) is 15.6. The Hall–Kier alpha value is -3.44. The van der Waals surface area contributed by atoms with Gasteiger partial charge in [0.05, 0.1) is 6.61 Å². The van der Waals surface area contributed by atoms with Gasteiger partial charge in [0.15, 0.2) is 5.43 Å². The second-order valence-corrected chi connectivity index (χ2v) is 6.65. The fourth-order valence-corrected chi connectivity index (χ4v) is 3.33. The van der Waals surface area contributed by atoms with E-state index in [0.29, 0.717) is 29.3 Å². The second-order valence-electron chi connectivity index (χ2n) is 6.65. The smallest absolute Gasteiger partial charge is 0.189 e. The molecule has 2 N–H and O–H groups in total. The fourth-order valence-electron chi connectivity index (χ4n) is 3.33. The minimum atomic E-state index is -0.0992. The molecule has 0 spiro atoms. The fraction of sp³-hybridized carbons (Fsp3) is 0.130. The van der Waals surface area contributed by atoms with Crippen LogP contribution < -0.4 is 10.7 Å². The molecule has 0 saturated carbocycles. The van der Waals surface area contributed by atoms with Gasteiger partial charge in [-0.15, -0.1) is 0 Å². The number of nitrogens with zero attached hydrogens (tertiary/aromatic N) is 2. The molecule has 1 aromatic heterocycles. The number of aliphatic hydroxyl groups excluding tert-OH is 1. The third-order valence-corrected chi connectivity index (χ3v) is 4.81. The molecular weight excluding hydrogens is 350 g/mol. The molecule has 1 aliphatic rings. The number of nitrogens with one attached hydrogen (secondary N) is 1. The van der Waals surface area contributed by atoms with E-state index < -0.39 is 0 Å². The van der Waals surface area contributed by atoms with E-state index in [1.54, 1.807) is 6.07 Å². The van der Waals surface area contributed by atoms with Crippen molar-refractivity contribution in [2.24, 2.45) is 4.99 Å². The van der Waals surface area contributed by atoms with Crippen LogP contribution in [0.3, 0.4) is 0 Å². The summed E-state index contributed by atoms with van der Waals surface area (Å²) >= 11 is 0. The molecule has 28 heavy (non-hydrogen) atoms. The summed E-state index contributed by atoms with van der Waals surface area (Å²) in [7, 11) is 0. The van der Waals surface area contributed by atoms with Crippen LogP contribution in [0.5, 0.6) is 0 Å². The van der Waals surface area contributed by atoms with Gasteiger partial charge in [0, 0.05) is 28.7 Å². The molecule has 0 unspecified atom stereocenters. The van der Waals surface area contributed by atoms with Crippen LogP contribution in [-0.2, 0) is 6.42 Å². The van der Waals surface area contributed by atoms with Crippen LogP contribution in [0.2, 0.25) is 0 Å². The molecule has 0 bridgehead atoms. The zero-order chi connectivity index (χ0) is 19.5. The van der Waals surface area contributed by atoms with Gasteiger partial charge in [-0.3, -0.25) is 9.36 Å². The Morgan fingerprint density at radius 2 is 1.75 bits per heavy atom. The van der Waals surface area contributed by atoms with Gasteiger partial charge in [-0.1, -0.05) is 42.5 Å². The average molecular weight is 371 g/mol. The Balaban J connectivity index is 1.98. The molecule has 140 valence electrons. The molecule has 3 aromatic rings. The van der Waals surface area contributed by atoms with E-state index in [1.165, 1.54) is 0 Å². The molecule has 2 heterocycles. The Bertz CT molecular complexity index is 1110. The Kier molecular flexibility index (Phi) is 4.91. The topological polar surface area (TPSA) is 66.6 Å². The van der Waals surface area contributed by atoms with Crippen molar-refractivity contribution in [3.63, 3.8) is 0 Å². The van der Waals surface area contributed by atoms with Gasteiger partial charge >= 0.3 is 0 Å². The molecule has 0 atom stereocenters. The van der Waals surface area contributed by atoms with Crippen molar-refractivity contribution < 1.29 is 5.11 Å². The summed E-state index contributed by atoms with van der Waals surface area (Å²) in [6, 6.07) is 21.2. The van der Waals surface area contributed by atoms with Crippen LogP contribution in [0.1, 0.15) is 12.5 Å². The Morgan fingerprint density at radius 3 is 2.43 bits per heavy atom. The lowest BCUT2D eigenvalue weighted by molar-refractivity contribution is 0.336. The second kappa shape index (κ2) is 7.66. The molecular formula is C23H21N3O2. The maximum Gasteiger partial charge on any atom is 0.189 e. The predicted molar refractivity (Wildman–Crippen MR) is 113 cm³/mol. The molecule has 0 amide bonds. The summed E-state index contributed by atoms with van der Waals surface area (Å²) in [5.74, 6) is 1.24. The number of aliphatic imine (C=N–C) groups is 1. The van der Waals surface area contributed by atoms with E-state index in [9.17, 15) is 9.90 Å². The van der Waals surface area contributed by atoms with Crippen LogP contribution in [0, 0.1) is 0 Å². The number of hydrogen-bond donors (Lipinski definition) is 2. The number of allylic oxidation sites excluding steroid dienone is 1. The highest BCUT2D eigenvalue weighted by Gasteiger charge is 2.19. The van der Waals surface area contributed by atoms with E-state index >= 15 is 0 Å². The molecule has 1 aliphatic heterocycles. The largest absolute Gasteiger partial charge is 0.392 e. The molecule has 4 rings (SSSR count). The summed E-state index contributed by atoms with van der Waals surface area (Å²) in [5, 5.41) is 13.0. The minimum Gasteiger partial charge on any atom is -0.392 e. The van der Waals surface area contributed by atoms with Gasteiger partial charge in [-0.25, -0.2) is 4.99 Å². The molecule has 0 aliphatic carbocycles. The highest BCUT2D eigenvalue weighted by molar-refractivity contribution is 6.00. The number of hydrogen-bond acceptors (Lipinski definition) is 4. The standard InChI is InChI=1S/C23H21N3O2/c1-16-17(15-27)12-13-20-21(28)14-22(25-18-8-4-2-5-9-18)26(23(20)24-16)19-10-6-3-7-11-19/h2-12,14,25,27H,13,15H2,1H3. The molecule has 0 radical (unpaired) electrons. The summed E-state index contributed by atoms with van der Waals surface area (Å²) in [6.07, 6.45) is 2.31. The molecule has 0 fully saturated rings. The lowest BCUT2D eigenvalue weighted by Crippen LogP contribution is -2.16. The number of benzene rings is 2. The van der Waals surface area contributed by atoms with Gasteiger partial charge in [0.25, 0.3) is 0 Å². The normalized spacial score (nSPS) is 13.2. The first-order valence-corrected chi connectivity index (χ1v) is 9.19. The first-order chi connectivity index (χ1) is 13.7. The molecule has 0 saturated heterocycles. The van der Waals surface area contributed by atoms with Crippen LogP contribution in [0.15, 0.2) is 88.2 Å². The lowest BCUT2D eigenvalue weighted by Gasteiger charge is -2.20. The Labute approximate surface area is 163 Å². The monoisotopic (exact) mass is 371 g/mol. The highest BCUT2D eigenvalue weighted by Crippen LogP contribution is 2.31. The van der Waals surface area contributed by atoms with Crippen molar-refractivity contribution in [1.29, 1.82) is 0 Å². The zero-order valence-corrected chi connectivity index (χ0v) is 15.6. The van der Waals surface area contributed by atoms with Crippen LogP contribution in [0.25, 0.3) is 5.69 Å². The van der Waals surface area contributed by atoms with Crippen molar-refractivity contribution in [3.8, 4) is 5.69 Å². The third kappa shape index (κ3) is 3.40. The van der Waals surface area contributed by atoms with Gasteiger partial charge < -0.3 is 10.4 Å². The quantitative estimate of drug-likeness (QED) is 0.724. The van der Waals surface area contributed by atoms with E-state index in [-0.39, 0.29) is 12.0 Å². The van der Waals surface area contributed by atoms with Crippen molar-refractivity contribution in [2.75, 3.05) is 11.9 Å². The number of para-hydroxylation sites is 2. The van der Waals surface area contributed by atoms with Crippen molar-refractivity contribution in [1.82, 2.24) is 4.57 Å². The summed E-state index contributed by atoms with van der Waals surface area (Å²) < 4.78 is 1.96. The first-order valence-electron chi connectivity index (χ1n) is 9.19. The number of aromatic nitrogens is 1. The third-order valence-electron chi connectivity index (χ3n) is 4.81. The van der Waals surface area contributed by atoms with Gasteiger partial charge in [0.1, 0.15) is 11.6 Å². The highest BCUT2D eigenvalue weighted by atomic mass is 16.3. The number of rotatable bonds is 4. The van der Waals surface area contributed by atoms with Crippen molar-refractivity contribution in [3.05, 3.63) is 94.2 Å². The maximum atomic E-state index is 12.9. The van der Waals surface area contributed by atoms with E-state index in [4.69, 9.17) is 4.99 Å². The van der Waals surface area contributed by atoms with Gasteiger partial charge in [-0.2, -0.15) is 0 Å². The average Bonchev–Trinajstić information content (AvgIpc) is 2.88. The Morgan fingerprint density at radius 1 is 1.07 bits per heavy atom. The van der Waals surface area contributed by atoms with Crippen molar-refractivity contribution in [2.45, 2.75) is 13.3 Å². The van der Waals surface area contributed by atoms with Crippen LogP contribution >= 0.6 is 0 Å². The maximum absolute atomic E-state index is 12.9. The number of aliphatic hydroxyl groups is 1. The number of pyridine rings is 1. The van der Waals surface area contributed by atoms with E-state index in [2.05, 4.69) is 5.32 Å². The van der Waals surface area contributed by atoms with Crippen LogP contribution in [0.4, 0.5) is 17.3 Å². The first kappa shape index (κ1) is 17.9. The van der Waals surface area contributed by atoms with E-state index in [1.807, 2.05) is 78.2 Å². The van der Waals surface area contributed by atoms with Gasteiger partial charge in [0.2, 0.25) is 0 Å². The number of anilines is 2. The number of fused-ring (bicyclic) bond motifs is 1. The van der Waals surface area contributed by atoms with E-state index in [0.717, 1.165) is 16.9 Å². The predicted octanol–water partition coefficient (Wildman–Crippen LogP) is 4.15. The summed E-state index contributed by atoms with van der Waals surface area (Å²) in [4.78, 5) is 17.6. The van der Waals surface area contributed by atoms with Crippen molar-refractivity contribution >= 4 is 23.0 Å². The summed E-state index contributed by atoms with van der Waals surface area (Å²) in [6.45, 7) is 1.76. The van der Waals surface area contributed by atoms with Gasteiger partial charge in [-0.05, 0) is 43.2 Å². The molecule has 5 nitrogen and oxygen atoms in total. The summed E-state index contributed by atoms with van der Waals surface area (Å²) in [5.41, 5.74) is 3.78. The SMILES string of the molecule is CC1=Nc2c(c(=O)cc(Nc3ccccc3)n2-c2ccccc2)CC=C1CO. The van der Waals surface area contributed by atoms with Crippen LogP contribution in [-0.4, -0.2) is 22.0 Å². The minimum absolute atomic E-state index is 0.0763. The molecule has 2 aromatic carbocycles. The molecule has 5 heteroatoms. The lowest BCUT2D eigenvalue weighted by atomic mass is 10.1.